The molecule has 1 aliphatic heterocycles. The van der Waals surface area contributed by atoms with Crippen LogP contribution in [0.1, 0.15) is 30.1 Å². The summed E-state index contributed by atoms with van der Waals surface area (Å²) in [6, 6.07) is 7.91. The van der Waals surface area contributed by atoms with Crippen molar-refractivity contribution < 1.29 is 18.8 Å². The van der Waals surface area contributed by atoms with Crippen LogP contribution in [0.3, 0.4) is 0 Å². The van der Waals surface area contributed by atoms with Crippen LogP contribution in [0.2, 0.25) is 0 Å². The summed E-state index contributed by atoms with van der Waals surface area (Å²) in [5.41, 5.74) is 1.13. The second-order valence-corrected chi connectivity index (χ2v) is 4.85. The minimum atomic E-state index is -0.363. The molecule has 0 saturated heterocycles. The maximum absolute atomic E-state index is 11.4. The molecule has 6 heteroatoms. The van der Waals surface area contributed by atoms with Crippen molar-refractivity contribution in [3.05, 3.63) is 41.5 Å². The average Bonchev–Trinajstić information content (AvgIpc) is 2.95. The highest BCUT2D eigenvalue weighted by molar-refractivity contribution is 5.71. The third-order valence-corrected chi connectivity index (χ3v) is 3.33. The number of rotatable bonds is 4. The van der Waals surface area contributed by atoms with Gasteiger partial charge in [0.05, 0.1) is 19.1 Å². The lowest BCUT2D eigenvalue weighted by Crippen LogP contribution is -2.20. The number of aromatic nitrogens is 2. The maximum Gasteiger partial charge on any atom is 0.315 e. The predicted octanol–water partition coefficient (Wildman–Crippen LogP) is 1.89. The van der Waals surface area contributed by atoms with Crippen LogP contribution in [0.4, 0.5) is 0 Å². The molecule has 1 aromatic heterocycles. The highest BCUT2D eigenvalue weighted by Crippen LogP contribution is 2.30. The van der Waals surface area contributed by atoms with Gasteiger partial charge in [-0.05, 0) is 25.0 Å². The van der Waals surface area contributed by atoms with Gasteiger partial charge in [0, 0.05) is 0 Å². The van der Waals surface area contributed by atoms with E-state index in [1.807, 2.05) is 24.3 Å². The Morgan fingerprint density at radius 1 is 1.43 bits per heavy atom. The summed E-state index contributed by atoms with van der Waals surface area (Å²) in [5.74, 6) is 1.44. The van der Waals surface area contributed by atoms with Gasteiger partial charge in [0.1, 0.15) is 12.2 Å². The highest BCUT2D eigenvalue weighted by Gasteiger charge is 2.25. The number of ether oxygens (including phenoxy) is 2. The molecule has 21 heavy (non-hydrogen) atoms. The zero-order valence-corrected chi connectivity index (χ0v) is 11.7. The first-order chi connectivity index (χ1) is 10.3. The molecule has 0 bridgehead atoms. The van der Waals surface area contributed by atoms with Crippen molar-refractivity contribution in [2.45, 2.75) is 25.7 Å². The van der Waals surface area contributed by atoms with E-state index in [0.717, 1.165) is 17.7 Å². The van der Waals surface area contributed by atoms with E-state index in [0.29, 0.717) is 19.0 Å². The summed E-state index contributed by atoms with van der Waals surface area (Å²) < 4.78 is 15.7. The second-order valence-electron chi connectivity index (χ2n) is 4.85. The molecule has 0 spiro atoms. The Balaban J connectivity index is 1.69. The molecule has 2 aromatic rings. The topological polar surface area (TPSA) is 74.5 Å². The number of benzene rings is 1. The molecule has 0 radical (unpaired) electrons. The number of carbonyl (C=O) groups is 1. The van der Waals surface area contributed by atoms with Crippen molar-refractivity contribution in [1.82, 2.24) is 10.1 Å². The SMILES string of the molecule is CCOC(=O)Cc1nc(C2COc3ccccc3C2)no1. The molecule has 3 rings (SSSR count). The van der Waals surface area contributed by atoms with Gasteiger partial charge < -0.3 is 14.0 Å². The third-order valence-electron chi connectivity index (χ3n) is 3.33. The fraction of sp³-hybridized carbons (Fsp3) is 0.400. The van der Waals surface area contributed by atoms with Crippen molar-refractivity contribution in [2.24, 2.45) is 0 Å². The van der Waals surface area contributed by atoms with Gasteiger partial charge >= 0.3 is 5.97 Å². The lowest BCUT2D eigenvalue weighted by molar-refractivity contribution is -0.142. The number of hydrogen-bond donors (Lipinski definition) is 0. The molecule has 0 aliphatic carbocycles. The van der Waals surface area contributed by atoms with Crippen LogP contribution < -0.4 is 4.74 Å². The number of hydrogen-bond acceptors (Lipinski definition) is 6. The summed E-state index contributed by atoms with van der Waals surface area (Å²) in [4.78, 5) is 15.7. The Bertz CT molecular complexity index is 638. The first-order valence-corrected chi connectivity index (χ1v) is 6.95. The van der Waals surface area contributed by atoms with Crippen molar-refractivity contribution >= 4 is 5.97 Å². The number of nitrogens with zero attached hydrogens (tertiary/aromatic N) is 2. The highest BCUT2D eigenvalue weighted by atomic mass is 16.5. The molecule has 6 nitrogen and oxygen atoms in total. The van der Waals surface area contributed by atoms with Crippen LogP contribution in [0.15, 0.2) is 28.8 Å². The van der Waals surface area contributed by atoms with Gasteiger partial charge in [0.2, 0.25) is 5.89 Å². The summed E-state index contributed by atoms with van der Waals surface area (Å²) in [7, 11) is 0. The largest absolute Gasteiger partial charge is 0.493 e. The van der Waals surface area contributed by atoms with E-state index in [4.69, 9.17) is 14.0 Å². The van der Waals surface area contributed by atoms with Crippen LogP contribution in [0, 0.1) is 0 Å². The van der Waals surface area contributed by atoms with E-state index in [9.17, 15) is 4.79 Å². The lowest BCUT2D eigenvalue weighted by atomic mass is 9.96. The van der Waals surface area contributed by atoms with E-state index >= 15 is 0 Å². The van der Waals surface area contributed by atoms with Crippen molar-refractivity contribution in [3.8, 4) is 5.75 Å². The molecule has 110 valence electrons. The zero-order chi connectivity index (χ0) is 14.7. The number of fused-ring (bicyclic) bond motifs is 1. The normalized spacial score (nSPS) is 16.9. The van der Waals surface area contributed by atoms with E-state index in [-0.39, 0.29) is 24.2 Å². The smallest absolute Gasteiger partial charge is 0.315 e. The monoisotopic (exact) mass is 288 g/mol. The fourth-order valence-corrected chi connectivity index (χ4v) is 2.34. The number of para-hydroxylation sites is 1. The molecule has 0 saturated carbocycles. The molecule has 1 aromatic carbocycles. The van der Waals surface area contributed by atoms with E-state index in [1.165, 1.54) is 0 Å². The molecule has 0 amide bonds. The van der Waals surface area contributed by atoms with Crippen LogP contribution in [-0.2, 0) is 22.4 Å². The van der Waals surface area contributed by atoms with Crippen LogP contribution in [0.25, 0.3) is 0 Å². The van der Waals surface area contributed by atoms with Gasteiger partial charge in [-0.2, -0.15) is 4.98 Å². The molecular formula is C15H16N2O4. The van der Waals surface area contributed by atoms with Crippen LogP contribution in [-0.4, -0.2) is 29.3 Å². The molecule has 2 heterocycles. The Hall–Kier alpha value is -2.37. The quantitative estimate of drug-likeness (QED) is 0.800. The fourth-order valence-electron chi connectivity index (χ4n) is 2.34. The lowest BCUT2D eigenvalue weighted by Gasteiger charge is -2.22. The average molecular weight is 288 g/mol. The third kappa shape index (κ3) is 3.04. The van der Waals surface area contributed by atoms with Crippen LogP contribution in [0.5, 0.6) is 5.75 Å². The Labute approximate surface area is 122 Å². The predicted molar refractivity (Wildman–Crippen MR) is 73.0 cm³/mol. The molecular weight excluding hydrogens is 272 g/mol. The molecule has 0 N–H and O–H groups in total. The molecule has 1 aliphatic rings. The summed E-state index contributed by atoms with van der Waals surface area (Å²) >= 11 is 0. The summed E-state index contributed by atoms with van der Waals surface area (Å²) in [6.07, 6.45) is 0.805. The Morgan fingerprint density at radius 2 is 2.29 bits per heavy atom. The van der Waals surface area contributed by atoms with E-state index < -0.39 is 0 Å². The first kappa shape index (κ1) is 13.6. The Kier molecular flexibility index (Phi) is 3.85. The molecule has 1 unspecified atom stereocenters. The zero-order valence-electron chi connectivity index (χ0n) is 11.7. The second kappa shape index (κ2) is 5.95. The number of esters is 1. The summed E-state index contributed by atoms with van der Waals surface area (Å²) in [5, 5.41) is 3.95. The van der Waals surface area contributed by atoms with Gasteiger partial charge in [-0.15, -0.1) is 0 Å². The minimum Gasteiger partial charge on any atom is -0.493 e. The maximum atomic E-state index is 11.4. The van der Waals surface area contributed by atoms with Crippen molar-refractivity contribution in [1.29, 1.82) is 0 Å². The first-order valence-electron chi connectivity index (χ1n) is 6.95. The van der Waals surface area contributed by atoms with Gasteiger partial charge in [-0.3, -0.25) is 4.79 Å². The van der Waals surface area contributed by atoms with Crippen LogP contribution >= 0.6 is 0 Å². The standard InChI is InChI=1S/C15H16N2O4/c1-2-19-14(18)8-13-16-15(17-21-13)11-7-10-5-3-4-6-12(10)20-9-11/h3-6,11H,2,7-9H2,1H3. The molecule has 0 fully saturated rings. The summed E-state index contributed by atoms with van der Waals surface area (Å²) in [6.45, 7) is 2.61. The van der Waals surface area contributed by atoms with Gasteiger partial charge in [0.25, 0.3) is 0 Å². The van der Waals surface area contributed by atoms with Gasteiger partial charge in [0.15, 0.2) is 5.82 Å². The van der Waals surface area contributed by atoms with Crippen molar-refractivity contribution in [2.75, 3.05) is 13.2 Å². The van der Waals surface area contributed by atoms with Crippen molar-refractivity contribution in [3.63, 3.8) is 0 Å². The van der Waals surface area contributed by atoms with E-state index in [1.54, 1.807) is 6.92 Å². The van der Waals surface area contributed by atoms with Gasteiger partial charge in [-0.25, -0.2) is 0 Å². The molecule has 1 atom stereocenters. The minimum absolute atomic E-state index is 0.00496. The number of carbonyl (C=O) groups excluding carboxylic acids is 1. The van der Waals surface area contributed by atoms with E-state index in [2.05, 4.69) is 10.1 Å². The Morgan fingerprint density at radius 3 is 3.14 bits per heavy atom. The van der Waals surface area contributed by atoms with Gasteiger partial charge in [-0.1, -0.05) is 23.4 Å².